The zero-order chi connectivity index (χ0) is 24.5. The van der Waals surface area contributed by atoms with Crippen LogP contribution in [0.4, 0.5) is 0 Å². The van der Waals surface area contributed by atoms with E-state index in [4.69, 9.17) is 14.3 Å². The summed E-state index contributed by atoms with van der Waals surface area (Å²) in [7, 11) is 0. The summed E-state index contributed by atoms with van der Waals surface area (Å²) < 4.78 is 11.9. The van der Waals surface area contributed by atoms with E-state index in [0.717, 1.165) is 38.0 Å². The van der Waals surface area contributed by atoms with E-state index in [9.17, 15) is 9.59 Å². The Kier molecular flexibility index (Phi) is 9.81. The van der Waals surface area contributed by atoms with Gasteiger partial charge in [-0.2, -0.15) is 0 Å². The number of allylic oxidation sites excluding steroid dienone is 2. The van der Waals surface area contributed by atoms with Gasteiger partial charge in [0.2, 0.25) is 5.89 Å². The summed E-state index contributed by atoms with van der Waals surface area (Å²) in [5.41, 5.74) is 0.343. The fraction of sp³-hybridized carbons (Fsp3) is 0.750. The highest BCUT2D eigenvalue weighted by Crippen LogP contribution is 2.50. The van der Waals surface area contributed by atoms with Crippen LogP contribution in [0.5, 0.6) is 0 Å². The molecule has 1 saturated carbocycles. The van der Waals surface area contributed by atoms with Crippen molar-refractivity contribution in [3.63, 3.8) is 0 Å². The smallest absolute Gasteiger partial charge is 0.303 e. The van der Waals surface area contributed by atoms with E-state index in [1.807, 2.05) is 6.08 Å². The number of aliphatic carboxylic acids is 1. The molecule has 2 aliphatic heterocycles. The van der Waals surface area contributed by atoms with Crippen molar-refractivity contribution < 1.29 is 23.8 Å². The molecule has 7 nitrogen and oxygen atoms in total. The molecule has 2 saturated heterocycles. The SMILES string of the molecule is O=C(O)CCC=CC[C@H]1[C@H](c2nc(C(=O)NCCCCCCC3CCCCC3)co2)[C@@H]2CC[C@H]1O2. The maximum Gasteiger partial charge on any atom is 0.303 e. The molecule has 4 atom stereocenters. The van der Waals surface area contributed by atoms with E-state index in [1.165, 1.54) is 57.6 Å². The van der Waals surface area contributed by atoms with Crippen LogP contribution in [0.3, 0.4) is 0 Å². The van der Waals surface area contributed by atoms with Crippen LogP contribution < -0.4 is 5.32 Å². The van der Waals surface area contributed by atoms with Crippen molar-refractivity contribution in [2.24, 2.45) is 11.8 Å². The number of hydrogen-bond acceptors (Lipinski definition) is 5. The van der Waals surface area contributed by atoms with Crippen molar-refractivity contribution in [1.29, 1.82) is 0 Å². The fourth-order valence-corrected chi connectivity index (χ4v) is 6.22. The van der Waals surface area contributed by atoms with Gasteiger partial charge in [0.25, 0.3) is 5.91 Å². The van der Waals surface area contributed by atoms with Crippen LogP contribution in [0.1, 0.15) is 119 Å². The lowest BCUT2D eigenvalue weighted by molar-refractivity contribution is -0.136. The molecular formula is C28H42N2O5. The van der Waals surface area contributed by atoms with Gasteiger partial charge in [0.1, 0.15) is 6.26 Å². The number of unbranched alkanes of at least 4 members (excludes halogenated alkanes) is 3. The Labute approximate surface area is 209 Å². The minimum absolute atomic E-state index is 0.0450. The molecular weight excluding hydrogens is 444 g/mol. The number of rotatable bonds is 14. The lowest BCUT2D eigenvalue weighted by Gasteiger charge is -2.24. The summed E-state index contributed by atoms with van der Waals surface area (Å²) in [5.74, 6) is 0.890. The highest BCUT2D eigenvalue weighted by molar-refractivity contribution is 5.91. The van der Waals surface area contributed by atoms with Crippen LogP contribution in [0, 0.1) is 11.8 Å². The Morgan fingerprint density at radius 1 is 1.03 bits per heavy atom. The van der Waals surface area contributed by atoms with Gasteiger partial charge in [0, 0.05) is 18.9 Å². The number of fused-ring (bicyclic) bond motifs is 2. The summed E-state index contributed by atoms with van der Waals surface area (Å²) in [4.78, 5) is 27.8. The number of nitrogens with zero attached hydrogens (tertiary/aromatic N) is 1. The van der Waals surface area contributed by atoms with E-state index < -0.39 is 5.97 Å². The molecule has 4 rings (SSSR count). The lowest BCUT2D eigenvalue weighted by Crippen LogP contribution is -2.26. The second kappa shape index (κ2) is 13.2. The highest BCUT2D eigenvalue weighted by Gasteiger charge is 2.51. The molecule has 1 amide bonds. The molecule has 2 N–H and O–H groups in total. The standard InChI is InChI=1S/C28H42N2O5/c31-25(32)15-9-4-8-14-21-23-16-17-24(35-23)26(21)28-30-22(19-34-28)27(33)29-18-10-2-1-5-11-20-12-6-3-7-13-20/h4,8,19-21,23-24,26H,1-3,5-7,9-18H2,(H,29,33)(H,31,32)/t21-,23-,24+,26+/m1/s1. The number of aromatic nitrogens is 1. The third kappa shape index (κ3) is 7.42. The first kappa shape index (κ1) is 25.9. The second-order valence-corrected chi connectivity index (χ2v) is 10.7. The predicted molar refractivity (Wildman–Crippen MR) is 133 cm³/mol. The molecule has 0 unspecified atom stereocenters. The zero-order valence-electron chi connectivity index (χ0n) is 21.0. The Morgan fingerprint density at radius 2 is 1.83 bits per heavy atom. The minimum atomic E-state index is -0.781. The number of ether oxygens (including phenoxy) is 1. The quantitative estimate of drug-likeness (QED) is 0.247. The van der Waals surface area contributed by atoms with E-state index in [-0.39, 0.29) is 36.4 Å². The van der Waals surface area contributed by atoms with Gasteiger partial charge in [-0.15, -0.1) is 0 Å². The van der Waals surface area contributed by atoms with Gasteiger partial charge in [-0.25, -0.2) is 4.98 Å². The first-order chi connectivity index (χ1) is 17.1. The van der Waals surface area contributed by atoms with Crippen LogP contribution >= 0.6 is 0 Å². The van der Waals surface area contributed by atoms with Crippen molar-refractivity contribution in [3.05, 3.63) is 30.0 Å². The third-order valence-electron chi connectivity index (χ3n) is 8.11. The number of carbonyl (C=O) groups excluding carboxylic acids is 1. The Hall–Kier alpha value is -2.15. The van der Waals surface area contributed by atoms with Gasteiger partial charge < -0.3 is 19.6 Å². The van der Waals surface area contributed by atoms with Crippen LogP contribution in [-0.4, -0.2) is 40.7 Å². The largest absolute Gasteiger partial charge is 0.481 e. The van der Waals surface area contributed by atoms with Crippen molar-refractivity contribution in [2.75, 3.05) is 6.54 Å². The third-order valence-corrected chi connectivity index (χ3v) is 8.11. The maximum absolute atomic E-state index is 12.6. The summed E-state index contributed by atoms with van der Waals surface area (Å²) in [6, 6.07) is 0. The van der Waals surface area contributed by atoms with Crippen LogP contribution in [0.2, 0.25) is 0 Å². The monoisotopic (exact) mass is 486 g/mol. The van der Waals surface area contributed by atoms with Gasteiger partial charge in [-0.1, -0.05) is 69.9 Å². The van der Waals surface area contributed by atoms with Crippen LogP contribution in [-0.2, 0) is 9.53 Å². The average Bonchev–Trinajstić information content (AvgIpc) is 3.60. The number of carbonyl (C=O) groups is 2. The van der Waals surface area contributed by atoms with Crippen LogP contribution in [0.25, 0.3) is 0 Å². The molecule has 0 radical (unpaired) electrons. The van der Waals surface area contributed by atoms with Gasteiger partial charge in [0.15, 0.2) is 5.69 Å². The Bertz CT molecular complexity index is 844. The summed E-state index contributed by atoms with van der Waals surface area (Å²) >= 11 is 0. The Morgan fingerprint density at radius 3 is 2.66 bits per heavy atom. The fourth-order valence-electron chi connectivity index (χ4n) is 6.22. The van der Waals surface area contributed by atoms with Gasteiger partial charge in [0.05, 0.1) is 18.1 Å². The van der Waals surface area contributed by atoms with E-state index in [1.54, 1.807) is 0 Å². The number of hydrogen-bond donors (Lipinski definition) is 2. The second-order valence-electron chi connectivity index (χ2n) is 10.7. The number of carboxylic acid groups (broad SMARTS) is 1. The minimum Gasteiger partial charge on any atom is -0.481 e. The maximum atomic E-state index is 12.6. The average molecular weight is 487 g/mol. The lowest BCUT2D eigenvalue weighted by atomic mass is 9.77. The molecule has 0 aromatic carbocycles. The normalized spacial score (nSPS) is 26.5. The van der Waals surface area contributed by atoms with Crippen molar-refractivity contribution >= 4 is 11.9 Å². The molecule has 7 heteroatoms. The first-order valence-corrected chi connectivity index (χ1v) is 13.9. The molecule has 1 aromatic rings. The Balaban J connectivity index is 1.17. The van der Waals surface area contributed by atoms with E-state index in [2.05, 4.69) is 16.4 Å². The first-order valence-electron chi connectivity index (χ1n) is 13.9. The van der Waals surface area contributed by atoms with Crippen LogP contribution in [0.15, 0.2) is 22.8 Å². The van der Waals surface area contributed by atoms with Gasteiger partial charge in [-0.05, 0) is 38.0 Å². The number of carboxylic acids is 1. The molecule has 3 aliphatic rings. The van der Waals surface area contributed by atoms with Gasteiger partial charge >= 0.3 is 5.97 Å². The van der Waals surface area contributed by atoms with Crippen molar-refractivity contribution in [2.45, 2.75) is 114 Å². The van der Waals surface area contributed by atoms with E-state index in [0.29, 0.717) is 24.6 Å². The number of oxazole rings is 1. The zero-order valence-corrected chi connectivity index (χ0v) is 21.0. The summed E-state index contributed by atoms with van der Waals surface area (Å²) in [6.45, 7) is 0.672. The molecule has 194 valence electrons. The summed E-state index contributed by atoms with van der Waals surface area (Å²) in [5, 5.41) is 11.8. The molecule has 1 aliphatic carbocycles. The topological polar surface area (TPSA) is 102 Å². The van der Waals surface area contributed by atoms with Crippen molar-refractivity contribution in [1.82, 2.24) is 10.3 Å². The molecule has 0 spiro atoms. The van der Waals surface area contributed by atoms with Gasteiger partial charge in [-0.3, -0.25) is 9.59 Å². The molecule has 3 fully saturated rings. The van der Waals surface area contributed by atoms with E-state index >= 15 is 0 Å². The van der Waals surface area contributed by atoms with Crippen molar-refractivity contribution in [3.8, 4) is 0 Å². The number of amides is 1. The molecule has 3 heterocycles. The summed E-state index contributed by atoms with van der Waals surface area (Å²) in [6.07, 6.45) is 22.4. The molecule has 2 bridgehead atoms. The predicted octanol–water partition coefficient (Wildman–Crippen LogP) is 6.01. The number of nitrogens with one attached hydrogen (secondary N) is 1. The molecule has 1 aromatic heterocycles. The molecule has 35 heavy (non-hydrogen) atoms. The highest BCUT2D eigenvalue weighted by atomic mass is 16.5.